The van der Waals surface area contributed by atoms with Crippen molar-refractivity contribution in [2.45, 2.75) is 63.5 Å². The molecule has 46 heavy (non-hydrogen) atoms. The monoisotopic (exact) mass is 669 g/mol. The van der Waals surface area contributed by atoms with Gasteiger partial charge in [-0.25, -0.2) is 27.3 Å². The summed E-state index contributed by atoms with van der Waals surface area (Å²) in [5, 5.41) is 11.5. The van der Waals surface area contributed by atoms with Crippen molar-refractivity contribution in [3.05, 3.63) is 65.5 Å². The lowest BCUT2D eigenvalue weighted by molar-refractivity contribution is -0.192. The Kier molecular flexibility index (Phi) is 11.0. The Morgan fingerprint density at radius 1 is 1.11 bits per heavy atom. The lowest BCUT2D eigenvalue weighted by Crippen LogP contribution is -2.45. The van der Waals surface area contributed by atoms with Gasteiger partial charge in [-0.1, -0.05) is 36.4 Å². The molecule has 0 saturated carbocycles. The number of rotatable bonds is 8. The molecule has 1 saturated heterocycles. The topological polar surface area (TPSA) is 188 Å². The summed E-state index contributed by atoms with van der Waals surface area (Å²) in [6.45, 7) is 6.71. The highest BCUT2D eigenvalue weighted by atomic mass is 32.2. The van der Waals surface area contributed by atoms with Crippen molar-refractivity contribution >= 4 is 44.9 Å². The van der Waals surface area contributed by atoms with Gasteiger partial charge in [0.05, 0.1) is 35.6 Å². The predicted molar refractivity (Wildman–Crippen MR) is 159 cm³/mol. The number of carboxylic acid groups (broad SMARTS) is 1. The Hall–Kier alpha value is -4.67. The Bertz CT molecular complexity index is 1650. The number of imidazole rings is 1. The standard InChI is InChI=1S/C27H33N5O6S.C2HF3O2/c1-5-38-24(34)16-28-26(35)31-21(25-29-19-8-6-7-9-20(19)30-25)14-17-10-12-18(13-11-17)22-15-23(33)32(27(2,3)4)39(22,36)37;3-2(4,5)1(6)7/h6-13,21-22H,5,14-16H2,1-4H3,(H,29,30)(H2,28,31,35);(H,6,7)/t21-,22?;/m0./s1. The third-order valence-electron chi connectivity index (χ3n) is 6.59. The van der Waals surface area contributed by atoms with Gasteiger partial charge in [-0.3, -0.25) is 9.59 Å². The van der Waals surface area contributed by atoms with Crippen LogP contribution in [0, 0.1) is 0 Å². The van der Waals surface area contributed by atoms with Crippen molar-refractivity contribution in [3.63, 3.8) is 0 Å². The number of esters is 1. The van der Waals surface area contributed by atoms with Crippen molar-refractivity contribution in [3.8, 4) is 0 Å². The number of para-hydroxylation sites is 2. The van der Waals surface area contributed by atoms with Crippen LogP contribution < -0.4 is 10.6 Å². The molecule has 0 spiro atoms. The Labute approximate surface area is 262 Å². The fourth-order valence-corrected chi connectivity index (χ4v) is 6.92. The maximum atomic E-state index is 13.2. The van der Waals surface area contributed by atoms with Crippen LogP contribution in [0.5, 0.6) is 0 Å². The number of nitrogens with zero attached hydrogens (tertiary/aromatic N) is 2. The fraction of sp³-hybridized carbons (Fsp3) is 0.414. The number of carbonyl (C=O) groups is 4. The minimum absolute atomic E-state index is 0.108. The highest BCUT2D eigenvalue weighted by molar-refractivity contribution is 7.90. The average molecular weight is 670 g/mol. The Balaban J connectivity index is 0.000000738. The number of aromatic amines is 1. The molecular weight excluding hydrogens is 635 g/mol. The van der Waals surface area contributed by atoms with Gasteiger partial charge in [0.2, 0.25) is 15.9 Å². The van der Waals surface area contributed by atoms with E-state index in [1.807, 2.05) is 24.3 Å². The number of H-pyrrole nitrogens is 1. The van der Waals surface area contributed by atoms with Crippen LogP contribution in [0.3, 0.4) is 0 Å². The first-order chi connectivity index (χ1) is 21.3. The maximum Gasteiger partial charge on any atom is 0.490 e. The molecule has 2 aromatic carbocycles. The lowest BCUT2D eigenvalue weighted by atomic mass is 10.0. The number of amides is 3. The summed E-state index contributed by atoms with van der Waals surface area (Å²) in [4.78, 5) is 53.6. The van der Waals surface area contributed by atoms with Gasteiger partial charge in [0.25, 0.3) is 0 Å². The van der Waals surface area contributed by atoms with Crippen molar-refractivity contribution in [2.24, 2.45) is 0 Å². The molecule has 1 fully saturated rings. The van der Waals surface area contributed by atoms with Crippen LogP contribution in [0.2, 0.25) is 0 Å². The molecule has 0 radical (unpaired) electrons. The van der Waals surface area contributed by atoms with E-state index in [9.17, 15) is 36.0 Å². The number of benzene rings is 2. The number of urea groups is 1. The molecule has 4 N–H and O–H groups in total. The number of aliphatic carboxylic acids is 1. The van der Waals surface area contributed by atoms with Gasteiger partial charge >= 0.3 is 24.1 Å². The van der Waals surface area contributed by atoms with Crippen LogP contribution in [0.1, 0.15) is 62.4 Å². The zero-order chi connectivity index (χ0) is 34.4. The van der Waals surface area contributed by atoms with Crippen LogP contribution in [-0.2, 0) is 35.6 Å². The molecule has 13 nitrogen and oxygen atoms in total. The summed E-state index contributed by atoms with van der Waals surface area (Å²) < 4.78 is 63.9. The first-order valence-electron chi connectivity index (χ1n) is 13.9. The quantitative estimate of drug-likeness (QED) is 0.259. The van der Waals surface area contributed by atoms with E-state index in [4.69, 9.17) is 14.6 Å². The molecule has 4 rings (SSSR count). The third kappa shape index (κ3) is 8.95. The zero-order valence-electron chi connectivity index (χ0n) is 25.3. The maximum absolute atomic E-state index is 13.2. The van der Waals surface area contributed by atoms with E-state index in [2.05, 4.69) is 20.6 Å². The molecule has 0 bridgehead atoms. The fourth-order valence-electron chi connectivity index (χ4n) is 4.69. The number of ether oxygens (including phenoxy) is 1. The molecule has 1 aliphatic heterocycles. The van der Waals surface area contributed by atoms with Gasteiger partial charge in [0.15, 0.2) is 0 Å². The van der Waals surface area contributed by atoms with E-state index in [0.717, 1.165) is 20.9 Å². The molecule has 1 unspecified atom stereocenters. The number of sulfonamides is 1. The van der Waals surface area contributed by atoms with Crippen LogP contribution in [-0.4, -0.2) is 76.5 Å². The van der Waals surface area contributed by atoms with E-state index in [-0.39, 0.29) is 19.6 Å². The van der Waals surface area contributed by atoms with Gasteiger partial charge in [0.1, 0.15) is 17.6 Å². The summed E-state index contributed by atoms with van der Waals surface area (Å²) >= 11 is 0. The summed E-state index contributed by atoms with van der Waals surface area (Å²) in [5.41, 5.74) is 2.04. The smallest absolute Gasteiger partial charge is 0.475 e. The summed E-state index contributed by atoms with van der Waals surface area (Å²) in [6, 6.07) is 13.3. The lowest BCUT2D eigenvalue weighted by Gasteiger charge is -2.30. The Morgan fingerprint density at radius 2 is 1.72 bits per heavy atom. The first-order valence-corrected chi connectivity index (χ1v) is 15.5. The number of hydrogen-bond donors (Lipinski definition) is 4. The Morgan fingerprint density at radius 3 is 2.24 bits per heavy atom. The van der Waals surface area contributed by atoms with E-state index >= 15 is 0 Å². The molecule has 3 amide bonds. The largest absolute Gasteiger partial charge is 0.490 e. The molecule has 1 aromatic heterocycles. The molecular formula is C29H34F3N5O8S. The second-order valence-corrected chi connectivity index (χ2v) is 13.1. The number of fused-ring (bicyclic) bond motifs is 1. The van der Waals surface area contributed by atoms with Crippen LogP contribution in [0.15, 0.2) is 48.5 Å². The number of carboxylic acids is 1. The van der Waals surface area contributed by atoms with Crippen molar-refractivity contribution < 1.29 is 50.6 Å². The number of nitrogens with one attached hydrogen (secondary N) is 3. The molecule has 0 aliphatic carbocycles. The minimum Gasteiger partial charge on any atom is -0.475 e. The van der Waals surface area contributed by atoms with Gasteiger partial charge in [-0.05, 0) is 57.4 Å². The van der Waals surface area contributed by atoms with E-state index in [1.54, 1.807) is 52.0 Å². The van der Waals surface area contributed by atoms with E-state index in [1.165, 1.54) is 0 Å². The number of alkyl halides is 3. The number of hydrogen-bond acceptors (Lipinski definition) is 8. The summed E-state index contributed by atoms with van der Waals surface area (Å²) in [7, 11) is -3.85. The number of carbonyl (C=O) groups excluding carboxylic acids is 3. The van der Waals surface area contributed by atoms with Crippen LogP contribution in [0.4, 0.5) is 18.0 Å². The third-order valence-corrected chi connectivity index (χ3v) is 9.00. The minimum atomic E-state index is -5.08. The normalized spacial score (nSPS) is 16.7. The molecule has 3 aromatic rings. The second kappa shape index (κ2) is 14.2. The average Bonchev–Trinajstić information content (AvgIpc) is 3.49. The van der Waals surface area contributed by atoms with Crippen molar-refractivity contribution in [2.75, 3.05) is 13.2 Å². The zero-order valence-corrected chi connectivity index (χ0v) is 26.2. The van der Waals surface area contributed by atoms with Gasteiger partial charge in [-0.2, -0.15) is 13.2 Å². The highest BCUT2D eigenvalue weighted by Crippen LogP contribution is 2.40. The van der Waals surface area contributed by atoms with Crippen molar-refractivity contribution in [1.82, 2.24) is 24.9 Å². The molecule has 2 heterocycles. The number of aromatic nitrogens is 2. The summed E-state index contributed by atoms with van der Waals surface area (Å²) in [5.74, 6) is -3.20. The van der Waals surface area contributed by atoms with E-state index < -0.39 is 56.9 Å². The second-order valence-electron chi connectivity index (χ2n) is 11.1. The molecule has 17 heteroatoms. The molecule has 1 aliphatic rings. The van der Waals surface area contributed by atoms with Crippen LogP contribution >= 0.6 is 0 Å². The van der Waals surface area contributed by atoms with Gasteiger partial charge < -0.3 is 25.5 Å². The van der Waals surface area contributed by atoms with Gasteiger partial charge in [0, 0.05) is 0 Å². The summed E-state index contributed by atoms with van der Waals surface area (Å²) in [6.07, 6.45) is -4.86. The molecule has 250 valence electrons. The first kappa shape index (κ1) is 35.8. The predicted octanol–water partition coefficient (Wildman–Crippen LogP) is 3.74. The van der Waals surface area contributed by atoms with E-state index in [0.29, 0.717) is 17.8 Å². The van der Waals surface area contributed by atoms with Crippen molar-refractivity contribution in [1.29, 1.82) is 0 Å². The van der Waals surface area contributed by atoms with Gasteiger partial charge in [-0.15, -0.1) is 0 Å². The van der Waals surface area contributed by atoms with Crippen LogP contribution in [0.25, 0.3) is 11.0 Å². The number of halogens is 3. The SMILES string of the molecule is CCOC(=O)CNC(=O)N[C@@H](Cc1ccc(C2CC(=O)N(C(C)(C)C)S2(=O)=O)cc1)c1nc2ccccc2[nH]1.O=C(O)C(F)(F)F. The highest BCUT2D eigenvalue weighted by Gasteiger charge is 2.49. The molecule has 2 atom stereocenters.